The summed E-state index contributed by atoms with van der Waals surface area (Å²) in [6, 6.07) is 16.7. The molecular weight excluding hydrogens is 356 g/mol. The molecule has 0 aliphatic heterocycles. The summed E-state index contributed by atoms with van der Waals surface area (Å²) < 4.78 is 5.47. The molecule has 2 aromatic rings. The minimum Gasteiger partial charge on any atom is -0.427 e. The fraction of sp³-hybridized carbons (Fsp3) is 0.444. The molecule has 0 aromatic heterocycles. The molecule has 3 rings (SSSR count). The minimum absolute atomic E-state index is 0.131. The van der Waals surface area contributed by atoms with Crippen LogP contribution in [0.5, 0.6) is 5.75 Å². The maximum Gasteiger partial charge on any atom is 0.311 e. The van der Waals surface area contributed by atoms with E-state index in [1.165, 1.54) is 55.2 Å². The van der Waals surface area contributed by atoms with Gasteiger partial charge >= 0.3 is 5.97 Å². The summed E-state index contributed by atoms with van der Waals surface area (Å²) in [6.07, 6.45) is 12.2. The first-order chi connectivity index (χ1) is 14.2. The molecule has 1 aliphatic carbocycles. The number of benzene rings is 2. The Kier molecular flexibility index (Phi) is 8.10. The number of esters is 1. The fourth-order valence-electron chi connectivity index (χ4n) is 3.87. The van der Waals surface area contributed by atoms with Gasteiger partial charge in [-0.2, -0.15) is 0 Å². The average Bonchev–Trinajstić information content (AvgIpc) is 2.75. The molecule has 154 valence electrons. The second kappa shape index (κ2) is 11.0. The normalized spacial score (nSPS) is 16.3. The van der Waals surface area contributed by atoms with Crippen molar-refractivity contribution in [3.05, 3.63) is 60.2 Å². The first kappa shape index (κ1) is 21.4. The van der Waals surface area contributed by atoms with E-state index in [-0.39, 0.29) is 5.97 Å². The highest BCUT2D eigenvalue weighted by molar-refractivity contribution is 5.73. The molecule has 0 amide bonds. The Morgan fingerprint density at radius 3 is 2.14 bits per heavy atom. The summed E-state index contributed by atoms with van der Waals surface area (Å²) in [7, 11) is 0. The fourth-order valence-corrected chi connectivity index (χ4v) is 3.87. The van der Waals surface area contributed by atoms with E-state index in [2.05, 4.69) is 44.2 Å². The molecule has 1 unspecified atom stereocenters. The number of ether oxygens (including phenoxy) is 1. The number of carbonyl (C=O) groups excluding carboxylic acids is 1. The SMILES string of the molecule is CCCCCCCC(=O)Oc1ccc(-c2ccc(C3=CCC(C)CC3)cc2)cc1. The van der Waals surface area contributed by atoms with Crippen molar-refractivity contribution in [2.24, 2.45) is 5.92 Å². The zero-order chi connectivity index (χ0) is 20.5. The van der Waals surface area contributed by atoms with Gasteiger partial charge in [-0.25, -0.2) is 0 Å². The van der Waals surface area contributed by atoms with Crippen LogP contribution in [0, 0.1) is 5.92 Å². The van der Waals surface area contributed by atoms with Gasteiger partial charge < -0.3 is 4.74 Å². The number of hydrogen-bond acceptors (Lipinski definition) is 2. The molecule has 0 saturated carbocycles. The second-order valence-electron chi connectivity index (χ2n) is 8.35. The number of unbranched alkanes of at least 4 members (excludes halogenated alkanes) is 4. The van der Waals surface area contributed by atoms with Gasteiger partial charge in [0.15, 0.2) is 0 Å². The standard InChI is InChI=1S/C27H34O2/c1-3-4-5-6-7-8-27(28)29-26-19-17-25(18-20-26)24-15-13-23(14-16-24)22-11-9-21(2)10-12-22/h11,13-21H,3-10,12H2,1-2H3. The molecule has 0 bridgehead atoms. The Morgan fingerprint density at radius 2 is 1.52 bits per heavy atom. The topological polar surface area (TPSA) is 26.3 Å². The van der Waals surface area contributed by atoms with Crippen LogP contribution < -0.4 is 4.74 Å². The summed E-state index contributed by atoms with van der Waals surface area (Å²) in [5.41, 5.74) is 5.14. The highest BCUT2D eigenvalue weighted by atomic mass is 16.5. The monoisotopic (exact) mass is 390 g/mol. The zero-order valence-electron chi connectivity index (χ0n) is 18.0. The zero-order valence-corrected chi connectivity index (χ0v) is 18.0. The number of carbonyl (C=O) groups is 1. The Bertz CT molecular complexity index is 799. The minimum atomic E-state index is -0.131. The summed E-state index contributed by atoms with van der Waals surface area (Å²) >= 11 is 0. The lowest BCUT2D eigenvalue weighted by atomic mass is 9.87. The van der Waals surface area contributed by atoms with Gasteiger partial charge in [0.05, 0.1) is 0 Å². The third-order valence-corrected chi connectivity index (χ3v) is 5.83. The van der Waals surface area contributed by atoms with Gasteiger partial charge in [-0.15, -0.1) is 0 Å². The summed E-state index contributed by atoms with van der Waals surface area (Å²) in [5, 5.41) is 0. The van der Waals surface area contributed by atoms with E-state index < -0.39 is 0 Å². The van der Waals surface area contributed by atoms with Crippen molar-refractivity contribution in [2.75, 3.05) is 0 Å². The number of rotatable bonds is 9. The van der Waals surface area contributed by atoms with Crippen molar-refractivity contribution in [1.82, 2.24) is 0 Å². The molecule has 2 heteroatoms. The van der Waals surface area contributed by atoms with E-state index in [0.29, 0.717) is 12.2 Å². The molecule has 0 radical (unpaired) electrons. The third-order valence-electron chi connectivity index (χ3n) is 5.83. The van der Waals surface area contributed by atoms with E-state index in [0.717, 1.165) is 24.3 Å². The van der Waals surface area contributed by atoms with Crippen molar-refractivity contribution in [2.45, 2.75) is 71.6 Å². The predicted molar refractivity (Wildman–Crippen MR) is 122 cm³/mol. The molecule has 0 saturated heterocycles. The maximum atomic E-state index is 12.0. The maximum absolute atomic E-state index is 12.0. The lowest BCUT2D eigenvalue weighted by molar-refractivity contribution is -0.134. The van der Waals surface area contributed by atoms with Crippen LogP contribution >= 0.6 is 0 Å². The van der Waals surface area contributed by atoms with E-state index in [1.807, 2.05) is 24.3 Å². The van der Waals surface area contributed by atoms with Crippen LogP contribution in [0.3, 0.4) is 0 Å². The number of allylic oxidation sites excluding steroid dienone is 2. The van der Waals surface area contributed by atoms with Gasteiger partial charge in [0.1, 0.15) is 5.75 Å². The largest absolute Gasteiger partial charge is 0.427 e. The highest BCUT2D eigenvalue weighted by Crippen LogP contribution is 2.31. The van der Waals surface area contributed by atoms with Gasteiger partial charge in [-0.05, 0) is 66.0 Å². The summed E-state index contributed by atoms with van der Waals surface area (Å²) in [4.78, 5) is 12.0. The molecule has 29 heavy (non-hydrogen) atoms. The van der Waals surface area contributed by atoms with Gasteiger partial charge in [0.2, 0.25) is 0 Å². The molecule has 2 aromatic carbocycles. The van der Waals surface area contributed by atoms with Crippen LogP contribution in [-0.2, 0) is 4.79 Å². The van der Waals surface area contributed by atoms with Crippen LogP contribution in [0.25, 0.3) is 16.7 Å². The third kappa shape index (κ3) is 6.59. The molecule has 1 atom stereocenters. The Balaban J connectivity index is 1.52. The van der Waals surface area contributed by atoms with Crippen molar-refractivity contribution in [3.8, 4) is 16.9 Å². The molecule has 1 aliphatic rings. The molecule has 0 heterocycles. The Morgan fingerprint density at radius 1 is 0.897 bits per heavy atom. The van der Waals surface area contributed by atoms with Gasteiger partial charge in [0.25, 0.3) is 0 Å². The van der Waals surface area contributed by atoms with Crippen molar-refractivity contribution < 1.29 is 9.53 Å². The lowest BCUT2D eigenvalue weighted by Crippen LogP contribution is -2.07. The molecule has 0 fully saturated rings. The van der Waals surface area contributed by atoms with E-state index in [1.54, 1.807) is 0 Å². The lowest BCUT2D eigenvalue weighted by Gasteiger charge is -2.18. The Labute approximate surface area is 176 Å². The van der Waals surface area contributed by atoms with Gasteiger partial charge in [-0.1, -0.05) is 82.0 Å². The van der Waals surface area contributed by atoms with Gasteiger partial charge in [-0.3, -0.25) is 4.79 Å². The van der Waals surface area contributed by atoms with Crippen LogP contribution in [0.15, 0.2) is 54.6 Å². The highest BCUT2D eigenvalue weighted by Gasteiger charge is 2.11. The van der Waals surface area contributed by atoms with Crippen LogP contribution in [0.2, 0.25) is 0 Å². The van der Waals surface area contributed by atoms with Crippen LogP contribution in [-0.4, -0.2) is 5.97 Å². The van der Waals surface area contributed by atoms with Crippen molar-refractivity contribution >= 4 is 11.5 Å². The second-order valence-corrected chi connectivity index (χ2v) is 8.35. The summed E-state index contributed by atoms with van der Waals surface area (Å²) in [6.45, 7) is 4.52. The van der Waals surface area contributed by atoms with Crippen molar-refractivity contribution in [3.63, 3.8) is 0 Å². The molecule has 0 spiro atoms. The molecule has 0 N–H and O–H groups in total. The first-order valence-corrected chi connectivity index (χ1v) is 11.3. The van der Waals surface area contributed by atoms with E-state index in [4.69, 9.17) is 4.74 Å². The average molecular weight is 391 g/mol. The molecular formula is C27H34O2. The van der Waals surface area contributed by atoms with Crippen molar-refractivity contribution in [1.29, 1.82) is 0 Å². The van der Waals surface area contributed by atoms with Crippen LogP contribution in [0.4, 0.5) is 0 Å². The smallest absolute Gasteiger partial charge is 0.311 e. The van der Waals surface area contributed by atoms with Gasteiger partial charge in [0, 0.05) is 6.42 Å². The summed E-state index contributed by atoms with van der Waals surface area (Å²) in [5.74, 6) is 1.31. The Hall–Kier alpha value is -2.35. The van der Waals surface area contributed by atoms with E-state index >= 15 is 0 Å². The number of hydrogen-bond donors (Lipinski definition) is 0. The van der Waals surface area contributed by atoms with Crippen LogP contribution in [0.1, 0.15) is 77.2 Å². The molecule has 2 nitrogen and oxygen atoms in total. The quantitative estimate of drug-likeness (QED) is 0.248. The predicted octanol–water partition coefficient (Wildman–Crippen LogP) is 7.82. The van der Waals surface area contributed by atoms with E-state index in [9.17, 15) is 4.79 Å². The first-order valence-electron chi connectivity index (χ1n) is 11.3.